The number of nitrogens with zero attached hydrogens (tertiary/aromatic N) is 3. The number of para-hydroxylation sites is 3. The van der Waals surface area contributed by atoms with Crippen LogP contribution in [-0.2, 0) is 0 Å². The SMILES string of the molecule is c1ccc(-c2cc(-c3ccccc3)c(N3c4cc(-c5c6ccccc6c(-c6ccccc6)c6ccccc56)ccc4B4c5ccc(-c6cccc7oc8ccccc8c67)cc5N(c5c(-c6ccccc6)cc(-c6ccccc6)cc5-c5ccccc5)c5cc(-n6c7ccccc7c7ccccc76)cc3c54)c(-c3ccccc3)c2)cc1. The fraction of sp³-hybridized carbons (Fsp3) is 0. The molecule has 0 atom stereocenters. The highest BCUT2D eigenvalue weighted by Crippen LogP contribution is 2.57. The van der Waals surface area contributed by atoms with Gasteiger partial charge < -0.3 is 18.8 Å². The molecule has 2 aliphatic heterocycles. The molecule has 5 heteroatoms. The van der Waals surface area contributed by atoms with Gasteiger partial charge in [0.2, 0.25) is 0 Å². The van der Waals surface area contributed by atoms with Gasteiger partial charge in [-0.25, -0.2) is 0 Å². The predicted molar refractivity (Wildman–Crippen MR) is 486 cm³/mol. The van der Waals surface area contributed by atoms with E-state index in [0.29, 0.717) is 0 Å². The molecule has 0 radical (unpaired) electrons. The average molecular weight is 1460 g/mol. The number of hydrogen-bond acceptors (Lipinski definition) is 3. The van der Waals surface area contributed by atoms with E-state index in [9.17, 15) is 0 Å². The molecule has 4 heterocycles. The van der Waals surface area contributed by atoms with Crippen molar-refractivity contribution in [3.63, 3.8) is 0 Å². The van der Waals surface area contributed by atoms with Crippen LogP contribution in [0.4, 0.5) is 34.1 Å². The maximum Gasteiger partial charge on any atom is 0.252 e. The molecule has 0 unspecified atom stereocenters. The second-order valence-corrected chi connectivity index (χ2v) is 30.4. The predicted octanol–water partition coefficient (Wildman–Crippen LogP) is 28.1. The third kappa shape index (κ3) is 10.6. The summed E-state index contributed by atoms with van der Waals surface area (Å²) in [5.41, 5.74) is 35.2. The lowest BCUT2D eigenvalue weighted by Gasteiger charge is -2.46. The van der Waals surface area contributed by atoms with E-state index in [1.807, 2.05) is 0 Å². The summed E-state index contributed by atoms with van der Waals surface area (Å²) in [5.74, 6) is 0. The van der Waals surface area contributed by atoms with Gasteiger partial charge in [-0.3, -0.25) is 0 Å². The van der Waals surface area contributed by atoms with Gasteiger partial charge in [0.25, 0.3) is 6.71 Å². The molecule has 0 saturated carbocycles. The van der Waals surface area contributed by atoms with Crippen LogP contribution in [0, 0.1) is 0 Å². The Kier molecular flexibility index (Phi) is 15.4. The lowest BCUT2D eigenvalue weighted by atomic mass is 9.33. The number of furan rings is 1. The molecule has 0 bridgehead atoms. The second-order valence-electron chi connectivity index (χ2n) is 30.4. The van der Waals surface area contributed by atoms with Crippen LogP contribution in [0.25, 0.3) is 171 Å². The standard InChI is InChI=1S/C110H70BN3O/c1-8-33-71(34-9-1)80-63-91(73-37-12-3-13-38-73)109(92(64-80)74-39-14-4-15-40-74)113-99-67-78(83-54-32-58-104-107(83)90-53-28-31-57-103(90)115-104)59-61-95(99)111-96-62-60-79(106-88-51-24-22-49-86(88)105(77-45-20-7-21-46-77)87-50-23-25-52-89(87)106)68-100(96)114(102-70-82(69-101(113)108(102)111)112-97-55-29-26-47-84(97)85-48-27-30-56-98(85)112)110-93(75-41-16-5-17-42-75)65-81(72-35-10-2-11-36-72)66-94(110)76-43-18-6-19-44-76/h1-70H. The lowest BCUT2D eigenvalue weighted by Crippen LogP contribution is -2.61. The van der Waals surface area contributed by atoms with E-state index in [-0.39, 0.29) is 6.71 Å². The van der Waals surface area contributed by atoms with Crippen molar-refractivity contribution >= 4 is 123 Å². The Hall–Kier alpha value is -15.0. The van der Waals surface area contributed by atoms with Gasteiger partial charge in [0.15, 0.2) is 0 Å². The number of aromatic nitrogens is 1. The normalized spacial score (nSPS) is 12.3. The van der Waals surface area contributed by atoms with E-state index in [1.165, 1.54) is 65.4 Å². The van der Waals surface area contributed by atoms with Crippen LogP contribution >= 0.6 is 0 Å². The van der Waals surface area contributed by atoms with Gasteiger partial charge in [-0.1, -0.05) is 352 Å². The van der Waals surface area contributed by atoms with E-state index in [0.717, 1.165) is 156 Å². The fourth-order valence-electron chi connectivity index (χ4n) is 19.2. The molecule has 0 fully saturated rings. The Morgan fingerprint density at radius 1 is 0.209 bits per heavy atom. The van der Waals surface area contributed by atoms with Crippen molar-refractivity contribution in [3.8, 4) is 106 Å². The number of rotatable bonds is 12. The minimum atomic E-state index is -0.342. The highest BCUT2D eigenvalue weighted by atomic mass is 16.3. The average Bonchev–Trinajstić information content (AvgIpc) is 1.03. The van der Waals surface area contributed by atoms with Crippen molar-refractivity contribution < 1.29 is 4.42 Å². The molecule has 0 N–H and O–H groups in total. The zero-order chi connectivity index (χ0) is 75.6. The van der Waals surface area contributed by atoms with E-state index in [2.05, 4.69) is 439 Å². The molecule has 0 aliphatic carbocycles. The molecule has 0 amide bonds. The maximum absolute atomic E-state index is 6.79. The minimum absolute atomic E-state index is 0.342. The summed E-state index contributed by atoms with van der Waals surface area (Å²) >= 11 is 0. The van der Waals surface area contributed by atoms with Crippen molar-refractivity contribution in [2.75, 3.05) is 9.80 Å². The Morgan fingerprint density at radius 2 is 0.548 bits per heavy atom. The Labute approximate surface area is 667 Å². The van der Waals surface area contributed by atoms with Crippen LogP contribution in [0.5, 0.6) is 0 Å². The highest BCUT2D eigenvalue weighted by molar-refractivity contribution is 7.00. The monoisotopic (exact) mass is 1460 g/mol. The van der Waals surface area contributed by atoms with Crippen molar-refractivity contribution in [3.05, 3.63) is 425 Å². The Morgan fingerprint density at radius 3 is 0.983 bits per heavy atom. The van der Waals surface area contributed by atoms with Crippen LogP contribution in [0.2, 0.25) is 0 Å². The minimum Gasteiger partial charge on any atom is -0.456 e. The molecule has 115 heavy (non-hydrogen) atoms. The Bertz CT molecular complexity index is 7210. The van der Waals surface area contributed by atoms with E-state index >= 15 is 0 Å². The van der Waals surface area contributed by atoms with E-state index < -0.39 is 0 Å². The first-order valence-electron chi connectivity index (χ1n) is 39.7. The van der Waals surface area contributed by atoms with Gasteiger partial charge in [0.1, 0.15) is 11.2 Å². The molecule has 0 spiro atoms. The quantitative estimate of drug-likeness (QED) is 0.0900. The van der Waals surface area contributed by atoms with Crippen LogP contribution in [0.15, 0.2) is 429 Å². The molecule has 534 valence electrons. The van der Waals surface area contributed by atoms with Crippen LogP contribution < -0.4 is 26.2 Å². The summed E-state index contributed by atoms with van der Waals surface area (Å²) in [6.07, 6.45) is 0. The van der Waals surface area contributed by atoms with E-state index in [1.54, 1.807) is 0 Å². The maximum atomic E-state index is 6.79. The zero-order valence-corrected chi connectivity index (χ0v) is 62.7. The topological polar surface area (TPSA) is 24.6 Å². The number of anilines is 6. The largest absolute Gasteiger partial charge is 0.456 e. The Balaban J connectivity index is 0.924. The van der Waals surface area contributed by atoms with E-state index in [4.69, 9.17) is 4.42 Å². The third-order valence-corrected chi connectivity index (χ3v) is 24.1. The lowest BCUT2D eigenvalue weighted by molar-refractivity contribution is 0.669. The summed E-state index contributed by atoms with van der Waals surface area (Å²) in [6.45, 7) is -0.342. The second kappa shape index (κ2) is 26.9. The van der Waals surface area contributed by atoms with Gasteiger partial charge in [-0.15, -0.1) is 0 Å². The first kappa shape index (κ1) is 65.8. The number of hydrogen-bond donors (Lipinski definition) is 0. The zero-order valence-electron chi connectivity index (χ0n) is 62.7. The molecule has 0 saturated heterocycles. The van der Waals surface area contributed by atoms with Gasteiger partial charge >= 0.3 is 0 Å². The number of fused-ring (bicyclic) bond motifs is 12. The van der Waals surface area contributed by atoms with Crippen molar-refractivity contribution in [1.82, 2.24) is 4.57 Å². The summed E-state index contributed by atoms with van der Waals surface area (Å²) in [5, 5.41) is 9.32. The first-order chi connectivity index (χ1) is 57.1. The van der Waals surface area contributed by atoms with Gasteiger partial charge in [-0.2, -0.15) is 0 Å². The summed E-state index contributed by atoms with van der Waals surface area (Å²) < 4.78 is 9.34. The summed E-state index contributed by atoms with van der Waals surface area (Å²) in [7, 11) is 0. The first-order valence-corrected chi connectivity index (χ1v) is 39.7. The highest BCUT2D eigenvalue weighted by Gasteiger charge is 2.46. The van der Waals surface area contributed by atoms with Crippen molar-refractivity contribution in [2.45, 2.75) is 0 Å². The molecular weight excluding hydrogens is 1390 g/mol. The van der Waals surface area contributed by atoms with Crippen LogP contribution in [0.3, 0.4) is 0 Å². The molecule has 19 aromatic carbocycles. The molecule has 2 aliphatic rings. The van der Waals surface area contributed by atoms with Gasteiger partial charge in [0, 0.05) is 66.5 Å². The molecule has 23 rings (SSSR count). The van der Waals surface area contributed by atoms with Crippen LogP contribution in [-0.4, -0.2) is 11.3 Å². The van der Waals surface area contributed by atoms with Gasteiger partial charge in [0.05, 0.1) is 28.1 Å². The van der Waals surface area contributed by atoms with Crippen molar-refractivity contribution in [2.24, 2.45) is 0 Å². The molecule has 21 aromatic rings. The number of benzene rings is 19. The third-order valence-electron chi connectivity index (χ3n) is 24.1. The summed E-state index contributed by atoms with van der Waals surface area (Å²) in [4.78, 5) is 5.43. The van der Waals surface area contributed by atoms with Crippen LogP contribution in [0.1, 0.15) is 0 Å². The molecule has 2 aromatic heterocycles. The fourth-order valence-corrected chi connectivity index (χ4v) is 19.2. The van der Waals surface area contributed by atoms with Gasteiger partial charge in [-0.05, 0) is 189 Å². The molecular formula is C110H70BN3O. The smallest absolute Gasteiger partial charge is 0.252 e. The van der Waals surface area contributed by atoms with Crippen molar-refractivity contribution in [1.29, 1.82) is 0 Å². The molecule has 4 nitrogen and oxygen atoms in total. The summed E-state index contributed by atoms with van der Waals surface area (Å²) in [6, 6.07) is 159.